The maximum Gasteiger partial charge on any atom is 0.120 e. The number of phenols is 1. The Morgan fingerprint density at radius 2 is 2.00 bits per heavy atom. The molecule has 19 heavy (non-hydrogen) atoms. The van der Waals surface area contributed by atoms with Crippen LogP contribution in [0.2, 0.25) is 5.02 Å². The fourth-order valence-electron chi connectivity index (χ4n) is 1.98. The lowest BCUT2D eigenvalue weighted by molar-refractivity contribution is 0.463. The molecule has 0 spiro atoms. The van der Waals surface area contributed by atoms with Crippen molar-refractivity contribution in [2.45, 2.75) is 19.4 Å². The van der Waals surface area contributed by atoms with Crippen LogP contribution in [0, 0.1) is 0 Å². The Bertz CT molecular complexity index is 574. The first kappa shape index (κ1) is 14.2. The fourth-order valence-corrected chi connectivity index (χ4v) is 2.51. The van der Waals surface area contributed by atoms with Gasteiger partial charge in [-0.05, 0) is 30.7 Å². The summed E-state index contributed by atoms with van der Waals surface area (Å²) in [6, 6.07) is 13.0. The molecule has 0 saturated heterocycles. The standard InChI is InChI=1S/C15H15BrClNO/c1-2-13(11-5-3-4-6-15(11)19)18-14-9-10(16)7-8-12(14)17/h3-9,13,18-19H,2H2,1H3. The normalized spacial score (nSPS) is 12.2. The zero-order valence-corrected chi connectivity index (χ0v) is 12.9. The van der Waals surface area contributed by atoms with Crippen molar-refractivity contribution in [3.8, 4) is 5.75 Å². The van der Waals surface area contributed by atoms with Crippen LogP contribution >= 0.6 is 27.5 Å². The van der Waals surface area contributed by atoms with Gasteiger partial charge in [-0.25, -0.2) is 0 Å². The molecule has 0 bridgehead atoms. The third-order valence-electron chi connectivity index (χ3n) is 2.98. The molecule has 2 N–H and O–H groups in total. The summed E-state index contributed by atoms with van der Waals surface area (Å²) in [5.74, 6) is 0.299. The average Bonchev–Trinajstić information content (AvgIpc) is 2.41. The summed E-state index contributed by atoms with van der Waals surface area (Å²) in [6.07, 6.45) is 0.848. The molecule has 2 aromatic carbocycles. The number of rotatable bonds is 4. The first-order chi connectivity index (χ1) is 9.11. The van der Waals surface area contributed by atoms with Crippen molar-refractivity contribution < 1.29 is 5.11 Å². The van der Waals surface area contributed by atoms with E-state index in [0.717, 1.165) is 22.1 Å². The number of hydrogen-bond acceptors (Lipinski definition) is 2. The summed E-state index contributed by atoms with van der Waals surface area (Å²) in [6.45, 7) is 2.07. The van der Waals surface area contributed by atoms with Crippen LogP contribution in [0.1, 0.15) is 24.9 Å². The summed E-state index contributed by atoms with van der Waals surface area (Å²) in [5.41, 5.74) is 1.73. The number of anilines is 1. The quantitative estimate of drug-likeness (QED) is 0.784. The lowest BCUT2D eigenvalue weighted by Gasteiger charge is -2.20. The number of hydrogen-bond donors (Lipinski definition) is 2. The molecular formula is C15H15BrClNO. The second-order valence-corrected chi connectivity index (χ2v) is 5.61. The van der Waals surface area contributed by atoms with Crippen LogP contribution in [0.3, 0.4) is 0 Å². The van der Waals surface area contributed by atoms with E-state index in [9.17, 15) is 5.11 Å². The second-order valence-electron chi connectivity index (χ2n) is 4.29. The van der Waals surface area contributed by atoms with Gasteiger partial charge in [0.25, 0.3) is 0 Å². The van der Waals surface area contributed by atoms with Gasteiger partial charge < -0.3 is 10.4 Å². The molecular weight excluding hydrogens is 326 g/mol. The van der Waals surface area contributed by atoms with Crippen molar-refractivity contribution in [3.05, 3.63) is 57.5 Å². The molecule has 0 heterocycles. The first-order valence-electron chi connectivity index (χ1n) is 6.11. The van der Waals surface area contributed by atoms with Crippen molar-refractivity contribution in [2.75, 3.05) is 5.32 Å². The molecule has 0 aliphatic heterocycles. The average molecular weight is 341 g/mol. The zero-order chi connectivity index (χ0) is 13.8. The van der Waals surface area contributed by atoms with Crippen LogP contribution < -0.4 is 5.32 Å². The van der Waals surface area contributed by atoms with E-state index in [4.69, 9.17) is 11.6 Å². The molecule has 0 saturated carbocycles. The maximum atomic E-state index is 9.93. The number of halogens is 2. The van der Waals surface area contributed by atoms with E-state index in [1.54, 1.807) is 6.07 Å². The van der Waals surface area contributed by atoms with Crippen molar-refractivity contribution in [3.63, 3.8) is 0 Å². The van der Waals surface area contributed by atoms with Gasteiger partial charge in [0.2, 0.25) is 0 Å². The molecule has 0 aliphatic rings. The highest BCUT2D eigenvalue weighted by atomic mass is 79.9. The third-order valence-corrected chi connectivity index (χ3v) is 3.80. The lowest BCUT2D eigenvalue weighted by atomic mass is 10.0. The summed E-state index contributed by atoms with van der Waals surface area (Å²) in [7, 11) is 0. The third kappa shape index (κ3) is 3.43. The minimum absolute atomic E-state index is 0.0213. The van der Waals surface area contributed by atoms with Gasteiger partial charge in [0.1, 0.15) is 5.75 Å². The summed E-state index contributed by atoms with van der Waals surface area (Å²) < 4.78 is 0.964. The van der Waals surface area contributed by atoms with E-state index in [1.165, 1.54) is 0 Å². The fraction of sp³-hybridized carbons (Fsp3) is 0.200. The topological polar surface area (TPSA) is 32.3 Å². The van der Waals surface area contributed by atoms with Crippen LogP contribution in [0.25, 0.3) is 0 Å². The van der Waals surface area contributed by atoms with Crippen LogP contribution in [0.5, 0.6) is 5.75 Å². The van der Waals surface area contributed by atoms with Crippen molar-refractivity contribution in [1.29, 1.82) is 0 Å². The van der Waals surface area contributed by atoms with E-state index >= 15 is 0 Å². The Morgan fingerprint density at radius 3 is 2.68 bits per heavy atom. The van der Waals surface area contributed by atoms with Crippen molar-refractivity contribution in [1.82, 2.24) is 0 Å². The van der Waals surface area contributed by atoms with Gasteiger partial charge >= 0.3 is 0 Å². The Morgan fingerprint density at radius 1 is 1.26 bits per heavy atom. The number of nitrogens with one attached hydrogen (secondary N) is 1. The van der Waals surface area contributed by atoms with Crippen molar-refractivity contribution in [2.24, 2.45) is 0 Å². The number of aromatic hydroxyl groups is 1. The summed E-state index contributed by atoms with van der Waals surface area (Å²) in [5, 5.41) is 14.0. The van der Waals surface area contributed by atoms with Crippen LogP contribution in [0.4, 0.5) is 5.69 Å². The van der Waals surface area contributed by atoms with Crippen LogP contribution in [0.15, 0.2) is 46.9 Å². The highest BCUT2D eigenvalue weighted by Gasteiger charge is 2.14. The van der Waals surface area contributed by atoms with Crippen LogP contribution in [-0.4, -0.2) is 5.11 Å². The SMILES string of the molecule is CCC(Nc1cc(Br)ccc1Cl)c1ccccc1O. The number of phenolic OH excluding ortho intramolecular Hbond substituents is 1. The van der Waals surface area contributed by atoms with E-state index in [1.807, 2.05) is 36.4 Å². The van der Waals surface area contributed by atoms with Crippen LogP contribution in [-0.2, 0) is 0 Å². The van der Waals surface area contributed by atoms with E-state index < -0.39 is 0 Å². The molecule has 0 fully saturated rings. The molecule has 0 amide bonds. The van der Waals surface area contributed by atoms with E-state index in [2.05, 4.69) is 28.2 Å². The molecule has 2 nitrogen and oxygen atoms in total. The van der Waals surface area contributed by atoms with Gasteiger partial charge in [-0.2, -0.15) is 0 Å². The second kappa shape index (κ2) is 6.31. The van der Waals surface area contributed by atoms with Gasteiger partial charge in [-0.15, -0.1) is 0 Å². The van der Waals surface area contributed by atoms with Gasteiger partial charge in [-0.3, -0.25) is 0 Å². The van der Waals surface area contributed by atoms with Gasteiger partial charge in [-0.1, -0.05) is 52.7 Å². The Balaban J connectivity index is 2.29. The smallest absolute Gasteiger partial charge is 0.120 e. The maximum absolute atomic E-state index is 9.93. The van der Waals surface area contributed by atoms with E-state index in [0.29, 0.717) is 10.8 Å². The van der Waals surface area contributed by atoms with Gasteiger partial charge in [0.15, 0.2) is 0 Å². The highest BCUT2D eigenvalue weighted by Crippen LogP contribution is 2.33. The minimum atomic E-state index is 0.0213. The molecule has 2 aromatic rings. The van der Waals surface area contributed by atoms with Gasteiger partial charge in [0.05, 0.1) is 16.8 Å². The predicted molar refractivity (Wildman–Crippen MR) is 83.9 cm³/mol. The largest absolute Gasteiger partial charge is 0.508 e. The molecule has 0 aromatic heterocycles. The van der Waals surface area contributed by atoms with Gasteiger partial charge in [0, 0.05) is 10.0 Å². The predicted octanol–water partition coefficient (Wildman–Crippen LogP) is 5.37. The first-order valence-corrected chi connectivity index (χ1v) is 7.28. The monoisotopic (exact) mass is 339 g/mol. The highest BCUT2D eigenvalue weighted by molar-refractivity contribution is 9.10. The summed E-state index contributed by atoms with van der Waals surface area (Å²) >= 11 is 9.61. The Kier molecular flexibility index (Phi) is 4.72. The number of benzene rings is 2. The number of para-hydroxylation sites is 1. The Hall–Kier alpha value is -1.19. The zero-order valence-electron chi connectivity index (χ0n) is 10.5. The lowest BCUT2D eigenvalue weighted by Crippen LogP contribution is -2.10. The molecule has 4 heteroatoms. The molecule has 2 rings (SSSR count). The molecule has 100 valence electrons. The summed E-state index contributed by atoms with van der Waals surface area (Å²) in [4.78, 5) is 0. The molecule has 1 atom stereocenters. The van der Waals surface area contributed by atoms with Crippen molar-refractivity contribution >= 4 is 33.2 Å². The molecule has 0 aliphatic carbocycles. The molecule has 1 unspecified atom stereocenters. The Labute approximate surface area is 126 Å². The minimum Gasteiger partial charge on any atom is -0.508 e. The molecule has 0 radical (unpaired) electrons. The van der Waals surface area contributed by atoms with E-state index in [-0.39, 0.29) is 6.04 Å².